The minimum Gasteiger partial charge on any atom is -0.491 e. The molecule has 1 aliphatic heterocycles. The van der Waals surface area contributed by atoms with Crippen LogP contribution in [0, 0.1) is 6.92 Å². The van der Waals surface area contributed by atoms with Gasteiger partial charge in [0, 0.05) is 36.4 Å². The number of aryl methyl sites for hydroxylation is 3. The van der Waals surface area contributed by atoms with Gasteiger partial charge in [-0.3, -0.25) is 9.88 Å². The fourth-order valence-corrected chi connectivity index (χ4v) is 5.17. The van der Waals surface area contributed by atoms with Crippen LogP contribution in [0.3, 0.4) is 0 Å². The number of unbranched alkanes of at least 4 members (excludes halogenated alkanes) is 1. The second-order valence-corrected chi connectivity index (χ2v) is 10.7. The first-order valence-electron chi connectivity index (χ1n) is 14.7. The van der Waals surface area contributed by atoms with Gasteiger partial charge in [0.15, 0.2) is 0 Å². The lowest BCUT2D eigenvalue weighted by Gasteiger charge is -2.25. The van der Waals surface area contributed by atoms with Gasteiger partial charge >= 0.3 is 5.97 Å². The zero-order valence-corrected chi connectivity index (χ0v) is 24.1. The number of para-hydroxylation sites is 1. The average molecular weight is 570 g/mol. The highest BCUT2D eigenvalue weighted by molar-refractivity contribution is 5.90. The molecule has 10 nitrogen and oxygen atoms in total. The molecule has 0 saturated carbocycles. The van der Waals surface area contributed by atoms with Crippen LogP contribution in [-0.4, -0.2) is 74.7 Å². The summed E-state index contributed by atoms with van der Waals surface area (Å²) in [6.07, 6.45) is 8.73. The molecule has 42 heavy (non-hydrogen) atoms. The highest BCUT2D eigenvalue weighted by Gasteiger charge is 2.20. The summed E-state index contributed by atoms with van der Waals surface area (Å²) in [5.41, 5.74) is 4.12. The molecule has 0 saturated heterocycles. The number of benzene rings is 1. The molecule has 0 amide bonds. The summed E-state index contributed by atoms with van der Waals surface area (Å²) in [5, 5.41) is 17.4. The molecular formula is C32H39N7O3. The van der Waals surface area contributed by atoms with Crippen LogP contribution in [0.1, 0.15) is 42.6 Å². The summed E-state index contributed by atoms with van der Waals surface area (Å²) in [6, 6.07) is 15.0. The Kier molecular flexibility index (Phi) is 10.1. The molecule has 1 unspecified atom stereocenters. The fraction of sp³-hybridized carbons (Fsp3) is 0.406. The number of ether oxygens (including phenoxy) is 1. The van der Waals surface area contributed by atoms with E-state index in [1.807, 2.05) is 43.3 Å². The van der Waals surface area contributed by atoms with Crippen molar-refractivity contribution in [3.05, 3.63) is 78.0 Å². The topological polar surface area (TPSA) is 125 Å². The maximum Gasteiger partial charge on any atom is 0.326 e. The van der Waals surface area contributed by atoms with Crippen molar-refractivity contribution >= 4 is 28.5 Å². The first-order valence-corrected chi connectivity index (χ1v) is 14.7. The number of carboxylic acid groups (broad SMARTS) is 1. The van der Waals surface area contributed by atoms with Crippen molar-refractivity contribution in [2.45, 2.75) is 51.5 Å². The van der Waals surface area contributed by atoms with Gasteiger partial charge in [-0.1, -0.05) is 18.2 Å². The maximum absolute atomic E-state index is 12.2. The van der Waals surface area contributed by atoms with Crippen LogP contribution < -0.4 is 15.4 Å². The van der Waals surface area contributed by atoms with Gasteiger partial charge < -0.3 is 20.5 Å². The first kappa shape index (κ1) is 29.2. The number of fused-ring (bicyclic) bond motifs is 2. The van der Waals surface area contributed by atoms with Crippen LogP contribution in [0.2, 0.25) is 0 Å². The molecule has 0 fully saturated rings. The molecule has 3 N–H and O–H groups in total. The maximum atomic E-state index is 12.2. The third kappa shape index (κ3) is 8.13. The molecule has 1 aliphatic rings. The fourth-order valence-electron chi connectivity index (χ4n) is 5.17. The number of nitrogens with one attached hydrogen (secondary N) is 2. The number of hydrogen-bond acceptors (Lipinski definition) is 9. The molecule has 1 aromatic carbocycles. The number of anilines is 2. The van der Waals surface area contributed by atoms with E-state index in [1.54, 1.807) is 6.20 Å². The SMILES string of the molecule is Cc1ccc(OCCN(CCCCc2ccc3c(n2)NCCC3)CCC(Nc2ncnc3ccccc23)C(=O)O)cn1. The second-order valence-electron chi connectivity index (χ2n) is 10.7. The summed E-state index contributed by atoms with van der Waals surface area (Å²) in [5.74, 6) is 1.38. The number of carboxylic acids is 1. The molecule has 0 bridgehead atoms. The first-order chi connectivity index (χ1) is 20.5. The zero-order chi connectivity index (χ0) is 29.1. The minimum absolute atomic E-state index is 0.414. The number of aromatic nitrogens is 4. The molecule has 4 aromatic rings. The lowest BCUT2D eigenvalue weighted by atomic mass is 10.1. The van der Waals surface area contributed by atoms with E-state index in [9.17, 15) is 9.90 Å². The highest BCUT2D eigenvalue weighted by Crippen LogP contribution is 2.21. The van der Waals surface area contributed by atoms with Gasteiger partial charge in [-0.05, 0) is 87.9 Å². The van der Waals surface area contributed by atoms with E-state index in [-0.39, 0.29) is 0 Å². The Labute approximate surface area is 246 Å². The van der Waals surface area contributed by atoms with Crippen molar-refractivity contribution in [2.24, 2.45) is 0 Å². The van der Waals surface area contributed by atoms with Crippen molar-refractivity contribution < 1.29 is 14.6 Å². The van der Waals surface area contributed by atoms with Crippen LogP contribution in [0.15, 0.2) is 61.1 Å². The number of hydrogen-bond donors (Lipinski definition) is 3. The predicted octanol–water partition coefficient (Wildman–Crippen LogP) is 4.75. The van der Waals surface area contributed by atoms with E-state index in [0.717, 1.165) is 79.1 Å². The van der Waals surface area contributed by atoms with Gasteiger partial charge in [0.05, 0.1) is 11.7 Å². The molecule has 220 valence electrons. The van der Waals surface area contributed by atoms with Gasteiger partial charge in [-0.25, -0.2) is 19.7 Å². The molecule has 5 rings (SSSR count). The Balaban J connectivity index is 1.17. The Hall–Kier alpha value is -4.31. The molecule has 0 radical (unpaired) electrons. The summed E-state index contributed by atoms with van der Waals surface area (Å²) < 4.78 is 5.95. The third-order valence-electron chi connectivity index (χ3n) is 7.56. The van der Waals surface area contributed by atoms with Crippen LogP contribution in [0.5, 0.6) is 5.75 Å². The molecule has 0 spiro atoms. The number of pyridine rings is 2. The highest BCUT2D eigenvalue weighted by atomic mass is 16.5. The quantitative estimate of drug-likeness (QED) is 0.173. The molecular weight excluding hydrogens is 530 g/mol. The van der Waals surface area contributed by atoms with Crippen LogP contribution in [-0.2, 0) is 17.6 Å². The van der Waals surface area contributed by atoms with Crippen LogP contribution in [0.25, 0.3) is 10.9 Å². The van der Waals surface area contributed by atoms with Crippen LogP contribution >= 0.6 is 0 Å². The van der Waals surface area contributed by atoms with Crippen molar-refractivity contribution in [3.63, 3.8) is 0 Å². The molecule has 10 heteroatoms. The lowest BCUT2D eigenvalue weighted by molar-refractivity contribution is -0.138. The van der Waals surface area contributed by atoms with E-state index < -0.39 is 12.0 Å². The normalized spacial score (nSPS) is 13.4. The number of carbonyl (C=O) groups is 1. The summed E-state index contributed by atoms with van der Waals surface area (Å²) in [7, 11) is 0. The van der Waals surface area contributed by atoms with Crippen molar-refractivity contribution in [1.82, 2.24) is 24.8 Å². The van der Waals surface area contributed by atoms with Gasteiger partial charge in [0.1, 0.15) is 36.4 Å². The van der Waals surface area contributed by atoms with Gasteiger partial charge in [-0.2, -0.15) is 0 Å². The molecule has 1 atom stereocenters. The largest absolute Gasteiger partial charge is 0.491 e. The van der Waals surface area contributed by atoms with Crippen LogP contribution in [0.4, 0.5) is 11.6 Å². The summed E-state index contributed by atoms with van der Waals surface area (Å²) in [6.45, 7) is 5.53. The van der Waals surface area contributed by atoms with Gasteiger partial charge in [0.25, 0.3) is 0 Å². The average Bonchev–Trinajstić information content (AvgIpc) is 3.01. The Morgan fingerprint density at radius 1 is 1.07 bits per heavy atom. The van der Waals surface area contributed by atoms with Crippen molar-refractivity contribution in [2.75, 3.05) is 43.4 Å². The van der Waals surface area contributed by atoms with Gasteiger partial charge in [0.2, 0.25) is 0 Å². The molecule has 3 aromatic heterocycles. The van der Waals surface area contributed by atoms with E-state index in [1.165, 1.54) is 11.9 Å². The monoisotopic (exact) mass is 569 g/mol. The number of aliphatic carboxylic acids is 1. The van der Waals surface area contributed by atoms with E-state index in [0.29, 0.717) is 31.9 Å². The number of rotatable bonds is 15. The third-order valence-corrected chi connectivity index (χ3v) is 7.56. The lowest BCUT2D eigenvalue weighted by Crippen LogP contribution is -2.37. The van der Waals surface area contributed by atoms with Crippen molar-refractivity contribution in [3.8, 4) is 5.75 Å². The Morgan fingerprint density at radius 2 is 1.98 bits per heavy atom. The number of nitrogens with zero attached hydrogens (tertiary/aromatic N) is 5. The summed E-state index contributed by atoms with van der Waals surface area (Å²) in [4.78, 5) is 32.2. The second kappa shape index (κ2) is 14.5. The standard InChI is InChI=1S/C32H39N7O3/c1-23-11-14-26(21-34-23)42-20-19-39(17-5-4-8-25-13-12-24-7-6-16-33-30(24)37-25)18-15-29(32(40)41)38-31-27-9-2-3-10-28(27)35-22-36-31/h2-3,9-14,21-22,29H,4-8,15-20H2,1H3,(H,33,37)(H,40,41)(H,35,36,38). The summed E-state index contributed by atoms with van der Waals surface area (Å²) >= 11 is 0. The molecule has 0 aliphatic carbocycles. The smallest absolute Gasteiger partial charge is 0.326 e. The van der Waals surface area contributed by atoms with Gasteiger partial charge in [-0.15, -0.1) is 0 Å². The zero-order valence-electron chi connectivity index (χ0n) is 24.1. The minimum atomic E-state index is -0.910. The Morgan fingerprint density at radius 3 is 2.83 bits per heavy atom. The molecule has 4 heterocycles. The predicted molar refractivity (Wildman–Crippen MR) is 164 cm³/mol. The van der Waals surface area contributed by atoms with Crippen molar-refractivity contribution in [1.29, 1.82) is 0 Å². The Bertz CT molecular complexity index is 1460. The van der Waals surface area contributed by atoms with E-state index >= 15 is 0 Å². The van der Waals surface area contributed by atoms with E-state index in [4.69, 9.17) is 9.72 Å². The van der Waals surface area contributed by atoms with E-state index in [2.05, 4.69) is 42.6 Å².